The molecule has 3 fully saturated rings. The molecular weight excluding hydrogens is 616 g/mol. The third kappa shape index (κ3) is 7.86. The Morgan fingerprint density at radius 1 is 1.12 bits per heavy atom. The van der Waals surface area contributed by atoms with Crippen molar-refractivity contribution in [2.75, 3.05) is 33.7 Å². The van der Waals surface area contributed by atoms with Crippen LogP contribution >= 0.6 is 0 Å². The fourth-order valence-corrected chi connectivity index (χ4v) is 8.15. The number of allylic oxidation sites excluding steroid dienone is 2. The fraction of sp³-hybridized carbons (Fsp3) is 0.763. The quantitative estimate of drug-likeness (QED) is 0.154. The predicted molar refractivity (Wildman–Crippen MR) is 180 cm³/mol. The number of carbonyl (C=O) groups excluding carboxylic acids is 1. The van der Waals surface area contributed by atoms with Crippen molar-refractivity contribution in [3.63, 3.8) is 0 Å². The molecule has 0 aromatic rings. The SMILES string of the molecule is CCC(C)C1O[C@]2(CCC1C)CC1CC(C/C=C(\C)[C@@H](OCOCCOC)C(C)/C=C/C=C3\COC4[C@H](O)C(C)=C[C@@H](C(=O)O1)C34O)O2. The number of aliphatic hydroxyl groups excluding tert-OH is 1. The van der Waals surface area contributed by atoms with Crippen LogP contribution in [0.25, 0.3) is 0 Å². The molecule has 8 unspecified atom stereocenters. The van der Waals surface area contributed by atoms with E-state index in [1.54, 1.807) is 26.2 Å². The minimum atomic E-state index is -1.76. The van der Waals surface area contributed by atoms with Gasteiger partial charge in [0.15, 0.2) is 5.79 Å². The summed E-state index contributed by atoms with van der Waals surface area (Å²) in [5.41, 5.74) is 0.362. The highest BCUT2D eigenvalue weighted by atomic mass is 16.7. The number of hydrogen-bond donors (Lipinski definition) is 2. The summed E-state index contributed by atoms with van der Waals surface area (Å²) in [6.07, 6.45) is 10.6. The van der Waals surface area contributed by atoms with Crippen LogP contribution in [-0.2, 0) is 38.0 Å². The first-order valence-electron chi connectivity index (χ1n) is 17.9. The van der Waals surface area contributed by atoms with E-state index >= 15 is 0 Å². The van der Waals surface area contributed by atoms with Crippen molar-refractivity contribution < 1.29 is 48.2 Å². The smallest absolute Gasteiger partial charge is 0.316 e. The van der Waals surface area contributed by atoms with Crippen LogP contribution in [0.5, 0.6) is 0 Å². The second-order valence-corrected chi connectivity index (χ2v) is 14.7. The molecule has 0 aromatic carbocycles. The number of esters is 1. The Bertz CT molecular complexity index is 1240. The molecule has 4 aliphatic heterocycles. The zero-order valence-electron chi connectivity index (χ0n) is 29.9. The lowest BCUT2D eigenvalue weighted by Crippen LogP contribution is -2.58. The van der Waals surface area contributed by atoms with Gasteiger partial charge in [0.2, 0.25) is 0 Å². The van der Waals surface area contributed by atoms with Crippen LogP contribution in [0.15, 0.2) is 47.1 Å². The summed E-state index contributed by atoms with van der Waals surface area (Å²) in [7, 11) is 1.63. The van der Waals surface area contributed by atoms with Gasteiger partial charge < -0.3 is 43.4 Å². The minimum absolute atomic E-state index is 0.0349. The van der Waals surface area contributed by atoms with Gasteiger partial charge >= 0.3 is 5.97 Å². The van der Waals surface area contributed by atoms with E-state index in [0.29, 0.717) is 61.9 Å². The Hall–Kier alpha value is -1.89. The molecule has 0 amide bonds. The van der Waals surface area contributed by atoms with Crippen molar-refractivity contribution >= 4 is 5.97 Å². The van der Waals surface area contributed by atoms with Crippen LogP contribution in [0.3, 0.4) is 0 Å². The number of aliphatic hydroxyl groups is 2. The van der Waals surface area contributed by atoms with E-state index in [4.69, 9.17) is 33.2 Å². The van der Waals surface area contributed by atoms with E-state index in [9.17, 15) is 15.0 Å². The van der Waals surface area contributed by atoms with E-state index in [1.807, 2.05) is 12.2 Å². The van der Waals surface area contributed by atoms with Gasteiger partial charge in [-0.3, -0.25) is 4.79 Å². The monoisotopic (exact) mass is 674 g/mol. The molecule has 0 radical (unpaired) electrons. The van der Waals surface area contributed by atoms with Crippen molar-refractivity contribution in [2.24, 2.45) is 23.7 Å². The standard InChI is InChI=1S/C38H58O10/c1-8-23(2)34-26(5)14-15-37(48-34)20-30-19-29(47-37)13-12-25(4)33(45-22-43-17-16-42-7)24(3)10-9-11-28-21-44-35-32(39)27(6)18-31(36(40)46-30)38(28,35)41/h9-12,18,23-24,26,29-35,39,41H,8,13-17,19-22H2,1-7H3/b10-9+,25-12+,28-11+/t23?,24?,26?,29?,30?,31-,32+,33-,34?,35?,37+,38?/m0/s1. The summed E-state index contributed by atoms with van der Waals surface area (Å²) in [5.74, 6) is -1.77. The Morgan fingerprint density at radius 3 is 2.67 bits per heavy atom. The van der Waals surface area contributed by atoms with Crippen LogP contribution < -0.4 is 0 Å². The van der Waals surface area contributed by atoms with Gasteiger partial charge in [-0.2, -0.15) is 0 Å². The molecule has 3 saturated heterocycles. The van der Waals surface area contributed by atoms with E-state index in [1.165, 1.54) is 0 Å². The van der Waals surface area contributed by atoms with E-state index in [2.05, 4.69) is 40.7 Å². The first-order chi connectivity index (χ1) is 22.9. The number of rotatable bonds is 8. The van der Waals surface area contributed by atoms with Gasteiger partial charge in [0.05, 0.1) is 38.1 Å². The van der Waals surface area contributed by atoms with Crippen molar-refractivity contribution in [1.82, 2.24) is 0 Å². The number of hydrogen-bond acceptors (Lipinski definition) is 10. The molecule has 2 bridgehead atoms. The third-order valence-electron chi connectivity index (χ3n) is 11.2. The summed E-state index contributed by atoms with van der Waals surface area (Å²) in [5, 5.41) is 23.3. The number of methoxy groups -OCH3 is 1. The highest BCUT2D eigenvalue weighted by Gasteiger charge is 2.60. The Kier molecular flexibility index (Phi) is 12.4. The van der Waals surface area contributed by atoms with Crippen molar-refractivity contribution in [3.8, 4) is 0 Å². The summed E-state index contributed by atoms with van der Waals surface area (Å²) in [4.78, 5) is 14.1. The number of carbonyl (C=O) groups is 1. The average molecular weight is 675 g/mol. The molecule has 5 rings (SSSR count). The van der Waals surface area contributed by atoms with Gasteiger partial charge in [-0.1, -0.05) is 64.5 Å². The molecule has 5 aliphatic rings. The molecular formula is C38H58O10. The number of fused-ring (bicyclic) bond motifs is 2. The van der Waals surface area contributed by atoms with E-state index < -0.39 is 41.6 Å². The topological polar surface area (TPSA) is 122 Å². The molecule has 2 N–H and O–H groups in total. The maximum atomic E-state index is 14.1. The van der Waals surface area contributed by atoms with Gasteiger partial charge in [-0.05, 0) is 55.2 Å². The summed E-state index contributed by atoms with van der Waals surface area (Å²) >= 11 is 0. The Labute approximate surface area is 286 Å². The third-order valence-corrected chi connectivity index (χ3v) is 11.2. The molecule has 10 nitrogen and oxygen atoms in total. The zero-order chi connectivity index (χ0) is 34.6. The number of ether oxygens (including phenoxy) is 7. The van der Waals surface area contributed by atoms with Gasteiger partial charge in [-0.25, -0.2) is 0 Å². The van der Waals surface area contributed by atoms with Crippen LogP contribution in [0, 0.1) is 23.7 Å². The minimum Gasteiger partial charge on any atom is -0.462 e. The van der Waals surface area contributed by atoms with E-state index in [0.717, 1.165) is 18.4 Å². The highest BCUT2D eigenvalue weighted by molar-refractivity contribution is 5.78. The molecule has 1 aliphatic carbocycles. The lowest BCUT2D eigenvalue weighted by Gasteiger charge is -2.51. The van der Waals surface area contributed by atoms with Gasteiger partial charge in [0, 0.05) is 32.3 Å². The largest absolute Gasteiger partial charge is 0.462 e. The Balaban J connectivity index is 1.51. The molecule has 4 heterocycles. The van der Waals surface area contributed by atoms with Crippen LogP contribution in [-0.4, -0.2) is 97.9 Å². The van der Waals surface area contributed by atoms with Gasteiger partial charge in [0.25, 0.3) is 0 Å². The second kappa shape index (κ2) is 16.0. The lowest BCUT2D eigenvalue weighted by molar-refractivity contribution is -0.340. The molecule has 270 valence electrons. The Morgan fingerprint density at radius 2 is 1.92 bits per heavy atom. The fourth-order valence-electron chi connectivity index (χ4n) is 8.15. The average Bonchev–Trinajstić information content (AvgIpc) is 3.40. The van der Waals surface area contributed by atoms with Crippen LogP contribution in [0.1, 0.15) is 80.1 Å². The molecule has 12 atom stereocenters. The molecule has 0 aromatic heterocycles. The molecule has 0 saturated carbocycles. The first kappa shape index (κ1) is 37.4. The summed E-state index contributed by atoms with van der Waals surface area (Å²) < 4.78 is 43.1. The molecule has 48 heavy (non-hydrogen) atoms. The van der Waals surface area contributed by atoms with E-state index in [-0.39, 0.29) is 37.6 Å². The molecule has 10 heteroatoms. The maximum Gasteiger partial charge on any atom is 0.316 e. The molecule has 1 spiro atoms. The maximum absolute atomic E-state index is 14.1. The normalized spacial score (nSPS) is 44.1. The van der Waals surface area contributed by atoms with Gasteiger partial charge in [-0.15, -0.1) is 0 Å². The van der Waals surface area contributed by atoms with Crippen molar-refractivity contribution in [3.05, 3.63) is 47.1 Å². The van der Waals surface area contributed by atoms with Crippen molar-refractivity contribution in [2.45, 2.75) is 128 Å². The van der Waals surface area contributed by atoms with Crippen molar-refractivity contribution in [1.29, 1.82) is 0 Å². The first-order valence-corrected chi connectivity index (χ1v) is 17.9. The van der Waals surface area contributed by atoms with Crippen LogP contribution in [0.4, 0.5) is 0 Å². The predicted octanol–water partition coefficient (Wildman–Crippen LogP) is 5.18. The lowest BCUT2D eigenvalue weighted by atomic mass is 9.71. The summed E-state index contributed by atoms with van der Waals surface area (Å²) in [6, 6.07) is 0. The van der Waals surface area contributed by atoms with Gasteiger partial charge in [0.1, 0.15) is 36.6 Å². The highest BCUT2D eigenvalue weighted by Crippen LogP contribution is 2.48. The second-order valence-electron chi connectivity index (χ2n) is 14.7. The van der Waals surface area contributed by atoms with Crippen LogP contribution in [0.2, 0.25) is 0 Å². The zero-order valence-corrected chi connectivity index (χ0v) is 29.9. The summed E-state index contributed by atoms with van der Waals surface area (Å²) in [6.45, 7) is 13.6.